The van der Waals surface area contributed by atoms with E-state index in [0.29, 0.717) is 38.1 Å². The number of benzene rings is 7. The topological polar surface area (TPSA) is 0 Å². The summed E-state index contributed by atoms with van der Waals surface area (Å²) < 4.78 is 68.7. The fourth-order valence-electron chi connectivity index (χ4n) is 4.99. The molecule has 0 saturated carbocycles. The third-order valence-electron chi connectivity index (χ3n) is 6.47. The Labute approximate surface area is 210 Å². The lowest BCUT2D eigenvalue weighted by atomic mass is 9.85. The lowest BCUT2D eigenvalue weighted by Gasteiger charge is -2.18. The van der Waals surface area contributed by atoms with Gasteiger partial charge in [0.25, 0.3) is 0 Å². The average Bonchev–Trinajstić information content (AvgIpc) is 3.02. The molecule has 0 nitrogen and oxygen atoms in total. The average molecular weight is 439 g/mol. The smallest absolute Gasteiger partial charge is 0.0622 e. The molecule has 0 bridgehead atoms. The molecule has 0 radical (unpaired) electrons. The first-order valence-corrected chi connectivity index (χ1v) is 11.1. The molecule has 0 aromatic heterocycles. The first kappa shape index (κ1) is 12.7. The van der Waals surface area contributed by atoms with Crippen molar-refractivity contribution in [2.75, 3.05) is 0 Å². The van der Waals surface area contributed by atoms with Crippen LogP contribution in [0.2, 0.25) is 0 Å². The minimum Gasteiger partial charge on any atom is -0.0622 e. The molecule has 0 heteroatoms. The number of hydrogen-bond donors (Lipinski definition) is 0. The summed E-state index contributed by atoms with van der Waals surface area (Å²) in [6, 6.07) is 24.9. The van der Waals surface area contributed by atoms with Crippen molar-refractivity contribution in [1.82, 2.24) is 0 Å². The summed E-state index contributed by atoms with van der Waals surface area (Å²) in [5, 5.41) is 4.76. The van der Waals surface area contributed by atoms with Crippen LogP contribution in [-0.2, 0) is 0 Å². The van der Waals surface area contributed by atoms with Crippen molar-refractivity contribution in [3.63, 3.8) is 0 Å². The maximum Gasteiger partial charge on any atom is 0.0629 e. The minimum absolute atomic E-state index is 0.101. The van der Waals surface area contributed by atoms with Crippen LogP contribution in [0.4, 0.5) is 0 Å². The highest BCUT2D eigenvalue weighted by Gasteiger charge is 2.16. The van der Waals surface area contributed by atoms with Crippen molar-refractivity contribution in [3.8, 4) is 22.3 Å². The fourth-order valence-corrected chi connectivity index (χ4v) is 4.99. The van der Waals surface area contributed by atoms with Crippen molar-refractivity contribution < 1.29 is 11.0 Å². The Bertz CT molecular complexity index is 2270. The molecule has 0 aliphatic carbocycles. The molecule has 0 fully saturated rings. The van der Waals surface area contributed by atoms with E-state index in [-0.39, 0.29) is 48.3 Å². The van der Waals surface area contributed by atoms with Crippen molar-refractivity contribution in [2.24, 2.45) is 0 Å². The molecule has 0 amide bonds. The molecule has 7 rings (SSSR count). The Morgan fingerprint density at radius 3 is 1.68 bits per heavy atom. The van der Waals surface area contributed by atoms with E-state index in [1.807, 2.05) is 78.9 Å². The third kappa shape index (κ3) is 2.86. The van der Waals surface area contributed by atoms with Gasteiger partial charge in [-0.3, -0.25) is 0 Å². The lowest BCUT2D eigenvalue weighted by Crippen LogP contribution is -1.91. The van der Waals surface area contributed by atoms with Gasteiger partial charge in [0.2, 0.25) is 0 Å². The van der Waals surface area contributed by atoms with Crippen molar-refractivity contribution in [3.05, 3.63) is 133 Å². The van der Waals surface area contributed by atoms with E-state index < -0.39 is 0 Å². The molecule has 7 aromatic rings. The second kappa shape index (κ2) is 7.57. The van der Waals surface area contributed by atoms with Gasteiger partial charge in [0.1, 0.15) is 0 Å². The highest BCUT2D eigenvalue weighted by atomic mass is 14.2. The number of rotatable bonds is 2. The summed E-state index contributed by atoms with van der Waals surface area (Å²) >= 11 is 0. The van der Waals surface area contributed by atoms with Gasteiger partial charge in [-0.05, 0) is 71.4 Å². The van der Waals surface area contributed by atoms with Gasteiger partial charge in [-0.15, -0.1) is 0 Å². The van der Waals surface area contributed by atoms with Gasteiger partial charge in [-0.25, -0.2) is 0 Å². The normalized spacial score (nSPS) is 14.8. The predicted molar refractivity (Wildman–Crippen MR) is 147 cm³/mol. The molecule has 0 aliphatic rings. The van der Waals surface area contributed by atoms with E-state index in [9.17, 15) is 0 Å². The van der Waals surface area contributed by atoms with Crippen LogP contribution in [0, 0.1) is 0 Å². The molecule has 34 heavy (non-hydrogen) atoms. The van der Waals surface area contributed by atoms with Gasteiger partial charge in [-0.1, -0.05) is 127 Å². The Morgan fingerprint density at radius 1 is 0.382 bits per heavy atom. The fraction of sp³-hybridized carbons (Fsp3) is 0. The van der Waals surface area contributed by atoms with Gasteiger partial charge >= 0.3 is 0 Å². The highest BCUT2D eigenvalue weighted by Crippen LogP contribution is 2.44. The third-order valence-corrected chi connectivity index (χ3v) is 6.47. The molecular weight excluding hydrogens is 408 g/mol. The molecule has 0 spiro atoms. The molecule has 0 unspecified atom stereocenters. The van der Waals surface area contributed by atoms with Gasteiger partial charge in [0.15, 0.2) is 0 Å². The predicted octanol–water partition coefficient (Wildman–Crippen LogP) is 9.63. The molecule has 0 atom stereocenters. The zero-order valence-electron chi connectivity index (χ0n) is 26.1. The molecule has 0 N–H and O–H groups in total. The summed E-state index contributed by atoms with van der Waals surface area (Å²) in [6.07, 6.45) is 0. The Morgan fingerprint density at radius 2 is 0.941 bits per heavy atom. The standard InChI is InChI=1S/C34H22/c1-2-11-25(12-3-1)33-28-14-6-8-16-30(28)34(31-17-9-7-15-29(31)33)26-21-20-24-19-18-23-10-4-5-13-27(23)32(24)22-26/h1-22H/i4D,5D,6D,8D,10D,13D,14D,16D. The largest absolute Gasteiger partial charge is 0.0629 e. The zero-order valence-corrected chi connectivity index (χ0v) is 18.1. The van der Waals surface area contributed by atoms with Gasteiger partial charge in [0.05, 0.1) is 11.0 Å². The summed E-state index contributed by atoms with van der Waals surface area (Å²) in [5.74, 6) is 0. The van der Waals surface area contributed by atoms with Gasteiger partial charge < -0.3 is 0 Å². The van der Waals surface area contributed by atoms with E-state index in [4.69, 9.17) is 11.0 Å². The Kier molecular flexibility index (Phi) is 2.83. The van der Waals surface area contributed by atoms with E-state index in [1.54, 1.807) is 6.07 Å². The van der Waals surface area contributed by atoms with Crippen molar-refractivity contribution in [2.45, 2.75) is 0 Å². The summed E-state index contributed by atoms with van der Waals surface area (Å²) in [4.78, 5) is 0. The molecule has 0 saturated heterocycles. The van der Waals surface area contributed by atoms with Crippen LogP contribution in [0.5, 0.6) is 0 Å². The minimum atomic E-state index is -0.316. The number of fused-ring (bicyclic) bond motifs is 5. The number of hydrogen-bond acceptors (Lipinski definition) is 0. The first-order chi connectivity index (χ1) is 20.2. The summed E-state index contributed by atoms with van der Waals surface area (Å²) in [7, 11) is 0. The SMILES string of the molecule is [2H]c1c([2H])c([2H])c2c(ccc3ccc(-c4c5ccccc5c(-c5ccccc5)c5c([2H])c([2H])c([2H])c([2H])c45)cc32)c1[2H]. The zero-order chi connectivity index (χ0) is 29.4. The molecule has 7 aromatic carbocycles. The van der Waals surface area contributed by atoms with Crippen LogP contribution in [-0.4, -0.2) is 0 Å². The van der Waals surface area contributed by atoms with Gasteiger partial charge in [-0.2, -0.15) is 0 Å². The second-order valence-electron chi connectivity index (χ2n) is 8.34. The summed E-state index contributed by atoms with van der Waals surface area (Å²) in [5.41, 5.74) is 2.91. The Balaban J connectivity index is 1.72. The highest BCUT2D eigenvalue weighted by molar-refractivity contribution is 6.22. The maximum absolute atomic E-state index is 9.07. The van der Waals surface area contributed by atoms with Crippen LogP contribution in [0.1, 0.15) is 11.0 Å². The van der Waals surface area contributed by atoms with Crippen LogP contribution in [0.15, 0.2) is 133 Å². The molecule has 0 aliphatic heterocycles. The van der Waals surface area contributed by atoms with Crippen LogP contribution in [0.25, 0.3) is 65.3 Å². The molecule has 158 valence electrons. The second-order valence-corrected chi connectivity index (χ2v) is 8.34. The maximum atomic E-state index is 9.07. The first-order valence-electron chi connectivity index (χ1n) is 15.1. The van der Waals surface area contributed by atoms with E-state index in [0.717, 1.165) is 27.3 Å². The van der Waals surface area contributed by atoms with E-state index >= 15 is 0 Å². The molecular formula is C34H22. The lowest BCUT2D eigenvalue weighted by molar-refractivity contribution is 1.66. The van der Waals surface area contributed by atoms with E-state index in [1.165, 1.54) is 0 Å². The molecule has 0 heterocycles. The summed E-state index contributed by atoms with van der Waals surface area (Å²) in [6.45, 7) is 0. The van der Waals surface area contributed by atoms with E-state index in [2.05, 4.69) is 0 Å². The van der Waals surface area contributed by atoms with Crippen LogP contribution < -0.4 is 0 Å². The Hall–Kier alpha value is -4.42. The van der Waals surface area contributed by atoms with Crippen molar-refractivity contribution >= 4 is 43.1 Å². The monoisotopic (exact) mass is 438 g/mol. The van der Waals surface area contributed by atoms with Gasteiger partial charge in [0, 0.05) is 0 Å². The van der Waals surface area contributed by atoms with Crippen molar-refractivity contribution in [1.29, 1.82) is 0 Å². The quantitative estimate of drug-likeness (QED) is 0.186. The van der Waals surface area contributed by atoms with Crippen LogP contribution in [0.3, 0.4) is 0 Å². The van der Waals surface area contributed by atoms with Crippen LogP contribution >= 0.6 is 0 Å².